The van der Waals surface area contributed by atoms with E-state index in [1.165, 1.54) is 89.9 Å². The number of carbonyl (C=O) groups excluding carboxylic acids is 2. The zero-order valence-electron chi connectivity index (χ0n) is 22.3. The van der Waals surface area contributed by atoms with Crippen LogP contribution in [-0.4, -0.2) is 42.9 Å². The van der Waals surface area contributed by atoms with Crippen molar-refractivity contribution in [1.82, 2.24) is 10.2 Å². The maximum Gasteiger partial charge on any atom is 0.222 e. The summed E-state index contributed by atoms with van der Waals surface area (Å²) in [6, 6.07) is 0. The van der Waals surface area contributed by atoms with Gasteiger partial charge < -0.3 is 16.0 Å². The molecule has 5 heteroatoms. The summed E-state index contributed by atoms with van der Waals surface area (Å²) >= 11 is 0. The number of unbranched alkanes of at least 4 members (excludes halogenated alkanes) is 16. The summed E-state index contributed by atoms with van der Waals surface area (Å²) in [7, 11) is 0. The van der Waals surface area contributed by atoms with E-state index in [2.05, 4.69) is 19.2 Å². The second-order valence-corrected chi connectivity index (χ2v) is 9.68. The molecule has 0 aliphatic carbocycles. The highest BCUT2D eigenvalue weighted by atomic mass is 16.2. The average Bonchev–Trinajstić information content (AvgIpc) is 2.81. The van der Waals surface area contributed by atoms with E-state index in [1.807, 2.05) is 4.90 Å². The number of amides is 2. The molecular formula is C28H57N3O2. The summed E-state index contributed by atoms with van der Waals surface area (Å²) in [5.74, 6) is 0.286. The van der Waals surface area contributed by atoms with E-state index in [0.717, 1.165) is 25.7 Å². The lowest BCUT2D eigenvalue weighted by atomic mass is 10.1. The third kappa shape index (κ3) is 22.5. The van der Waals surface area contributed by atoms with Crippen LogP contribution in [0, 0.1) is 0 Å². The molecule has 0 fully saturated rings. The van der Waals surface area contributed by atoms with Crippen LogP contribution in [0.5, 0.6) is 0 Å². The second-order valence-electron chi connectivity index (χ2n) is 9.68. The van der Waals surface area contributed by atoms with Gasteiger partial charge in [-0.05, 0) is 12.8 Å². The quantitative estimate of drug-likeness (QED) is 0.146. The van der Waals surface area contributed by atoms with Crippen molar-refractivity contribution in [2.24, 2.45) is 5.73 Å². The Hall–Kier alpha value is -1.10. The minimum atomic E-state index is 0.108. The predicted octanol–water partition coefficient (Wildman–Crippen LogP) is 6.73. The van der Waals surface area contributed by atoms with Gasteiger partial charge in [-0.3, -0.25) is 9.59 Å². The van der Waals surface area contributed by atoms with Gasteiger partial charge >= 0.3 is 0 Å². The van der Waals surface area contributed by atoms with Crippen molar-refractivity contribution in [2.45, 2.75) is 142 Å². The maximum absolute atomic E-state index is 12.5. The Balaban J connectivity index is 3.73. The van der Waals surface area contributed by atoms with Crippen molar-refractivity contribution in [3.8, 4) is 0 Å². The third-order valence-electron chi connectivity index (χ3n) is 6.46. The Morgan fingerprint density at radius 2 is 1.03 bits per heavy atom. The molecule has 0 heterocycles. The van der Waals surface area contributed by atoms with Gasteiger partial charge in [-0.15, -0.1) is 0 Å². The van der Waals surface area contributed by atoms with Gasteiger partial charge in [-0.1, -0.05) is 117 Å². The Bertz CT molecular complexity index is 443. The molecule has 0 spiro atoms. The minimum Gasteiger partial charge on any atom is -0.354 e. The fourth-order valence-corrected chi connectivity index (χ4v) is 4.28. The van der Waals surface area contributed by atoms with Crippen LogP contribution in [0.3, 0.4) is 0 Å². The van der Waals surface area contributed by atoms with Crippen LogP contribution >= 0.6 is 0 Å². The molecule has 0 aromatic rings. The molecule has 0 aromatic carbocycles. The first-order chi connectivity index (χ1) is 16.2. The topological polar surface area (TPSA) is 75.4 Å². The van der Waals surface area contributed by atoms with Crippen LogP contribution in [-0.2, 0) is 9.59 Å². The van der Waals surface area contributed by atoms with Crippen molar-refractivity contribution >= 4 is 11.8 Å². The zero-order chi connectivity index (χ0) is 24.4. The molecule has 0 radical (unpaired) electrons. The number of carbonyl (C=O) groups is 2. The van der Waals surface area contributed by atoms with Crippen LogP contribution < -0.4 is 11.1 Å². The average molecular weight is 468 g/mol. The van der Waals surface area contributed by atoms with Gasteiger partial charge in [0.15, 0.2) is 0 Å². The number of hydrogen-bond acceptors (Lipinski definition) is 3. The molecule has 0 aliphatic rings. The van der Waals surface area contributed by atoms with Gasteiger partial charge in [0.05, 0.1) is 0 Å². The molecule has 2 amide bonds. The number of hydrogen-bond donors (Lipinski definition) is 2. The lowest BCUT2D eigenvalue weighted by Crippen LogP contribution is -2.41. The molecule has 33 heavy (non-hydrogen) atoms. The van der Waals surface area contributed by atoms with Gasteiger partial charge in [0.2, 0.25) is 11.8 Å². The normalized spacial score (nSPS) is 11.0. The molecule has 0 saturated heterocycles. The number of nitrogens with one attached hydrogen (secondary N) is 1. The SMILES string of the molecule is CCCCCCCCCCCC(=O)NCCN(CCN)C(=O)CCCCCCCCCCC. The van der Waals surface area contributed by atoms with E-state index in [0.29, 0.717) is 39.0 Å². The van der Waals surface area contributed by atoms with Crippen LogP contribution in [0.25, 0.3) is 0 Å². The number of nitrogens with zero attached hydrogens (tertiary/aromatic N) is 1. The van der Waals surface area contributed by atoms with Gasteiger partial charge in [-0.2, -0.15) is 0 Å². The van der Waals surface area contributed by atoms with E-state index < -0.39 is 0 Å². The van der Waals surface area contributed by atoms with Gasteiger partial charge in [0.1, 0.15) is 0 Å². The van der Waals surface area contributed by atoms with Crippen molar-refractivity contribution in [3.63, 3.8) is 0 Å². The Morgan fingerprint density at radius 3 is 1.48 bits per heavy atom. The maximum atomic E-state index is 12.5. The summed E-state index contributed by atoms with van der Waals surface area (Å²) in [6.07, 6.45) is 23.8. The second kappa shape index (κ2) is 25.5. The van der Waals surface area contributed by atoms with E-state index >= 15 is 0 Å². The van der Waals surface area contributed by atoms with E-state index in [1.54, 1.807) is 0 Å². The van der Waals surface area contributed by atoms with Gasteiger partial charge in [0.25, 0.3) is 0 Å². The molecule has 0 saturated carbocycles. The zero-order valence-corrected chi connectivity index (χ0v) is 22.3. The van der Waals surface area contributed by atoms with Crippen molar-refractivity contribution in [2.75, 3.05) is 26.2 Å². The summed E-state index contributed by atoms with van der Waals surface area (Å²) < 4.78 is 0. The molecule has 196 valence electrons. The van der Waals surface area contributed by atoms with E-state index in [-0.39, 0.29) is 11.8 Å². The smallest absolute Gasteiger partial charge is 0.222 e. The highest BCUT2D eigenvalue weighted by Crippen LogP contribution is 2.12. The summed E-state index contributed by atoms with van der Waals surface area (Å²) in [5.41, 5.74) is 5.70. The minimum absolute atomic E-state index is 0.108. The highest BCUT2D eigenvalue weighted by molar-refractivity contribution is 5.77. The number of rotatable bonds is 25. The van der Waals surface area contributed by atoms with Crippen LogP contribution in [0.2, 0.25) is 0 Å². The predicted molar refractivity (Wildman–Crippen MR) is 142 cm³/mol. The van der Waals surface area contributed by atoms with Crippen LogP contribution in [0.4, 0.5) is 0 Å². The van der Waals surface area contributed by atoms with Crippen molar-refractivity contribution in [1.29, 1.82) is 0 Å². The first kappa shape index (κ1) is 31.9. The first-order valence-corrected chi connectivity index (χ1v) is 14.4. The van der Waals surface area contributed by atoms with Crippen molar-refractivity contribution < 1.29 is 9.59 Å². The molecular weight excluding hydrogens is 410 g/mol. The summed E-state index contributed by atoms with van der Waals surface area (Å²) in [6.45, 7) is 6.63. The van der Waals surface area contributed by atoms with Crippen LogP contribution in [0.1, 0.15) is 142 Å². The monoisotopic (exact) mass is 467 g/mol. The Kier molecular flexibility index (Phi) is 24.7. The van der Waals surface area contributed by atoms with Crippen molar-refractivity contribution in [3.05, 3.63) is 0 Å². The number of nitrogens with two attached hydrogens (primary N) is 1. The van der Waals surface area contributed by atoms with E-state index in [4.69, 9.17) is 5.73 Å². The Labute approximate surface area is 206 Å². The largest absolute Gasteiger partial charge is 0.354 e. The molecule has 0 atom stereocenters. The van der Waals surface area contributed by atoms with Crippen LogP contribution in [0.15, 0.2) is 0 Å². The molecule has 5 nitrogen and oxygen atoms in total. The summed E-state index contributed by atoms with van der Waals surface area (Å²) in [4.78, 5) is 26.4. The standard InChI is InChI=1S/C28H57N3O2/c1-3-5-7-9-11-13-15-17-19-21-27(32)30-24-26-31(25-23-29)28(33)22-20-18-16-14-12-10-8-6-4-2/h3-26,29H2,1-2H3,(H,30,32). The van der Waals surface area contributed by atoms with E-state index in [9.17, 15) is 9.59 Å². The summed E-state index contributed by atoms with van der Waals surface area (Å²) in [5, 5.41) is 2.98. The highest BCUT2D eigenvalue weighted by Gasteiger charge is 2.12. The molecule has 0 aliphatic heterocycles. The molecule has 0 aromatic heterocycles. The molecule has 0 rings (SSSR count). The molecule has 0 bridgehead atoms. The first-order valence-electron chi connectivity index (χ1n) is 14.4. The fourth-order valence-electron chi connectivity index (χ4n) is 4.28. The Morgan fingerprint density at radius 1 is 0.606 bits per heavy atom. The third-order valence-corrected chi connectivity index (χ3v) is 6.46. The molecule has 0 unspecified atom stereocenters. The lowest BCUT2D eigenvalue weighted by molar-refractivity contribution is -0.131. The molecule has 3 N–H and O–H groups in total. The van der Waals surface area contributed by atoms with Gasteiger partial charge in [-0.25, -0.2) is 0 Å². The van der Waals surface area contributed by atoms with Gasteiger partial charge in [0, 0.05) is 39.0 Å². The fraction of sp³-hybridized carbons (Fsp3) is 0.929. The lowest BCUT2D eigenvalue weighted by Gasteiger charge is -2.22.